The highest BCUT2D eigenvalue weighted by Crippen LogP contribution is 2.23. The molecule has 1 atom stereocenters. The minimum absolute atomic E-state index is 0.349. The molecule has 1 aromatic carbocycles. The Balaban J connectivity index is 2.82. The lowest BCUT2D eigenvalue weighted by Crippen LogP contribution is -2.53. The molecule has 0 aromatic heterocycles. The van der Waals surface area contributed by atoms with Crippen LogP contribution in [0.1, 0.15) is 34.6 Å². The summed E-state index contributed by atoms with van der Waals surface area (Å²) in [6.07, 6.45) is 0. The van der Waals surface area contributed by atoms with Gasteiger partial charge in [-0.3, -0.25) is 4.79 Å². The van der Waals surface area contributed by atoms with Crippen LogP contribution in [0.5, 0.6) is 0 Å². The van der Waals surface area contributed by atoms with Crippen molar-refractivity contribution < 1.29 is 14.3 Å². The first kappa shape index (κ1) is 20.8. The molecule has 0 heterocycles. The number of anilines is 2. The summed E-state index contributed by atoms with van der Waals surface area (Å²) in [6, 6.07) is 6.05. The maximum atomic E-state index is 12.3. The van der Waals surface area contributed by atoms with Gasteiger partial charge in [-0.05, 0) is 31.4 Å². The second-order valence-corrected chi connectivity index (χ2v) is 7.66. The number of carbonyl (C=O) groups is 2. The Kier molecular flexibility index (Phi) is 6.81. The first-order chi connectivity index (χ1) is 11.5. The van der Waals surface area contributed by atoms with E-state index in [2.05, 4.69) is 16.0 Å². The highest BCUT2D eigenvalue weighted by Gasteiger charge is 2.31. The van der Waals surface area contributed by atoms with Gasteiger partial charge in [0.05, 0.1) is 17.0 Å². The molecule has 25 heavy (non-hydrogen) atoms. The maximum Gasteiger partial charge on any atom is 0.319 e. The van der Waals surface area contributed by atoms with Gasteiger partial charge >= 0.3 is 6.03 Å². The molecule has 0 saturated carbocycles. The van der Waals surface area contributed by atoms with E-state index < -0.39 is 23.4 Å². The first-order valence-corrected chi connectivity index (χ1v) is 8.21. The molecule has 1 aromatic rings. The number of nitrogens with one attached hydrogen (secondary N) is 3. The van der Waals surface area contributed by atoms with Gasteiger partial charge in [0, 0.05) is 13.7 Å². The molecule has 3 amide bonds. The molecule has 0 unspecified atom stereocenters. The molecular weight excluding hydrogens is 320 g/mol. The smallest absolute Gasteiger partial charge is 0.319 e. The fourth-order valence-corrected chi connectivity index (χ4v) is 2.13. The summed E-state index contributed by atoms with van der Waals surface area (Å²) in [5.74, 6) is -0.573. The Morgan fingerprint density at radius 2 is 1.68 bits per heavy atom. The van der Waals surface area contributed by atoms with Gasteiger partial charge in [-0.15, -0.1) is 0 Å². The second kappa shape index (κ2) is 8.20. The van der Waals surface area contributed by atoms with Gasteiger partial charge in [0.25, 0.3) is 0 Å². The van der Waals surface area contributed by atoms with Crippen LogP contribution >= 0.6 is 0 Å². The van der Waals surface area contributed by atoms with Crippen LogP contribution in [0.3, 0.4) is 0 Å². The molecule has 140 valence electrons. The van der Waals surface area contributed by atoms with E-state index in [9.17, 15) is 9.59 Å². The fourth-order valence-electron chi connectivity index (χ4n) is 2.13. The zero-order valence-corrected chi connectivity index (χ0v) is 15.9. The van der Waals surface area contributed by atoms with Crippen LogP contribution in [0.4, 0.5) is 16.2 Å². The maximum absolute atomic E-state index is 12.3. The van der Waals surface area contributed by atoms with Crippen LogP contribution in [0.2, 0.25) is 0 Å². The van der Waals surface area contributed by atoms with Crippen molar-refractivity contribution in [2.45, 2.75) is 46.3 Å². The molecule has 0 radical (unpaired) electrons. The molecule has 0 bridgehead atoms. The van der Waals surface area contributed by atoms with Crippen molar-refractivity contribution in [3.05, 3.63) is 24.3 Å². The molecule has 0 aliphatic heterocycles. The van der Waals surface area contributed by atoms with Gasteiger partial charge in [0.15, 0.2) is 0 Å². The second-order valence-electron chi connectivity index (χ2n) is 7.66. The zero-order chi connectivity index (χ0) is 19.3. The zero-order valence-electron chi connectivity index (χ0n) is 15.9. The molecule has 5 N–H and O–H groups in total. The lowest BCUT2D eigenvalue weighted by atomic mass is 9.86. The summed E-state index contributed by atoms with van der Waals surface area (Å²) in [7, 11) is 1.65. The molecule has 7 nitrogen and oxygen atoms in total. The van der Waals surface area contributed by atoms with E-state index in [-0.39, 0.29) is 5.60 Å². The van der Waals surface area contributed by atoms with Crippen molar-refractivity contribution in [2.24, 2.45) is 11.1 Å². The van der Waals surface area contributed by atoms with Crippen LogP contribution in [0.25, 0.3) is 0 Å². The first-order valence-electron chi connectivity index (χ1n) is 8.21. The average Bonchev–Trinajstić information content (AvgIpc) is 2.50. The summed E-state index contributed by atoms with van der Waals surface area (Å²) in [4.78, 5) is 23.9. The normalized spacial score (nSPS) is 13.0. The number of primary amides is 1. The number of benzene rings is 1. The van der Waals surface area contributed by atoms with Crippen molar-refractivity contribution in [1.29, 1.82) is 0 Å². The molecule has 0 fully saturated rings. The number of carbonyl (C=O) groups excluding carboxylic acids is 2. The van der Waals surface area contributed by atoms with Crippen LogP contribution in [0, 0.1) is 5.41 Å². The Morgan fingerprint density at radius 1 is 1.12 bits per heavy atom. The van der Waals surface area contributed by atoms with Crippen molar-refractivity contribution in [3.63, 3.8) is 0 Å². The average molecular weight is 350 g/mol. The highest BCUT2D eigenvalue weighted by molar-refractivity contribution is 5.96. The van der Waals surface area contributed by atoms with E-state index in [1.54, 1.807) is 13.2 Å². The van der Waals surface area contributed by atoms with Gasteiger partial charge in [0.1, 0.15) is 6.04 Å². The number of ether oxygens (including phenoxy) is 1. The number of rotatable bonds is 7. The Morgan fingerprint density at radius 3 is 2.16 bits per heavy atom. The largest absolute Gasteiger partial charge is 0.380 e. The van der Waals surface area contributed by atoms with E-state index in [0.717, 1.165) is 5.69 Å². The number of urea groups is 1. The van der Waals surface area contributed by atoms with Crippen molar-refractivity contribution in [2.75, 3.05) is 24.3 Å². The predicted octanol–water partition coefficient (Wildman–Crippen LogP) is 2.54. The molecule has 0 spiro atoms. The summed E-state index contributed by atoms with van der Waals surface area (Å²) in [5.41, 5.74) is 5.93. The van der Waals surface area contributed by atoms with Crippen LogP contribution < -0.4 is 21.7 Å². The van der Waals surface area contributed by atoms with Crippen LogP contribution in [-0.4, -0.2) is 37.2 Å². The quantitative estimate of drug-likeness (QED) is 0.606. The Hall–Kier alpha value is -2.28. The fraction of sp³-hybridized carbons (Fsp3) is 0.556. The van der Waals surface area contributed by atoms with Gasteiger partial charge in [-0.1, -0.05) is 32.9 Å². The molecular formula is C18H30N4O3. The summed E-state index contributed by atoms with van der Waals surface area (Å²) < 4.78 is 5.38. The number of hydrogen-bond donors (Lipinski definition) is 4. The summed E-state index contributed by atoms with van der Waals surface area (Å²) in [6.45, 7) is 10.0. The topological polar surface area (TPSA) is 105 Å². The lowest BCUT2D eigenvalue weighted by Gasteiger charge is -2.29. The summed E-state index contributed by atoms with van der Waals surface area (Å²) in [5, 5.41) is 8.66. The monoisotopic (exact) mass is 350 g/mol. The number of hydrogen-bond acceptors (Lipinski definition) is 4. The van der Waals surface area contributed by atoms with Crippen LogP contribution in [-0.2, 0) is 9.53 Å². The van der Waals surface area contributed by atoms with E-state index in [1.807, 2.05) is 52.8 Å². The molecule has 7 heteroatoms. The minimum Gasteiger partial charge on any atom is -0.380 e. The predicted molar refractivity (Wildman–Crippen MR) is 101 cm³/mol. The number of nitrogens with two attached hydrogens (primary N) is 1. The van der Waals surface area contributed by atoms with Crippen molar-refractivity contribution in [3.8, 4) is 0 Å². The lowest BCUT2D eigenvalue weighted by molar-refractivity contribution is -0.122. The van der Waals surface area contributed by atoms with Gasteiger partial charge < -0.3 is 26.4 Å². The number of methoxy groups -OCH3 is 1. The van der Waals surface area contributed by atoms with E-state index in [4.69, 9.17) is 10.5 Å². The third kappa shape index (κ3) is 6.62. The number of para-hydroxylation sites is 2. The summed E-state index contributed by atoms with van der Waals surface area (Å²) >= 11 is 0. The highest BCUT2D eigenvalue weighted by atomic mass is 16.5. The minimum atomic E-state index is -0.778. The molecule has 1 rings (SSSR count). The molecule has 0 aliphatic rings. The van der Waals surface area contributed by atoms with E-state index in [1.165, 1.54) is 0 Å². The Labute approximate surface area is 149 Å². The number of amides is 3. The Bertz CT molecular complexity index is 609. The van der Waals surface area contributed by atoms with Crippen molar-refractivity contribution in [1.82, 2.24) is 5.32 Å². The van der Waals surface area contributed by atoms with Crippen molar-refractivity contribution >= 4 is 23.3 Å². The third-order valence-electron chi connectivity index (χ3n) is 3.86. The molecule has 0 saturated heterocycles. The van der Waals surface area contributed by atoms with Gasteiger partial charge in [-0.25, -0.2) is 4.79 Å². The molecule has 0 aliphatic carbocycles. The van der Waals surface area contributed by atoms with Crippen LogP contribution in [0.15, 0.2) is 24.3 Å². The van der Waals surface area contributed by atoms with E-state index in [0.29, 0.717) is 12.2 Å². The SMILES string of the molecule is COC(C)(C)CNc1ccccc1NC(=O)N[C@H](C(N)=O)C(C)(C)C. The standard InChI is InChI=1S/C18H30N4O3/c1-17(2,3)14(15(19)23)22-16(24)21-13-10-8-7-9-12(13)20-11-18(4,5)25-6/h7-10,14,20H,11H2,1-6H3,(H2,19,23)(H2,21,22,24)/t14-/m1/s1. The van der Waals surface area contributed by atoms with Gasteiger partial charge in [0.2, 0.25) is 5.91 Å². The van der Waals surface area contributed by atoms with Gasteiger partial charge in [-0.2, -0.15) is 0 Å². The third-order valence-corrected chi connectivity index (χ3v) is 3.86. The van der Waals surface area contributed by atoms with E-state index >= 15 is 0 Å².